The molecule has 31 heavy (non-hydrogen) atoms. The molecule has 0 atom stereocenters. The van der Waals surface area contributed by atoms with E-state index in [1.54, 1.807) is 35.0 Å². The second kappa shape index (κ2) is 8.52. The molecule has 0 unspecified atom stereocenters. The van der Waals surface area contributed by atoms with Crippen molar-refractivity contribution >= 4 is 46.1 Å². The number of aromatic nitrogens is 4. The third-order valence-electron chi connectivity index (χ3n) is 4.67. The summed E-state index contributed by atoms with van der Waals surface area (Å²) in [5, 5.41) is 26.9. The van der Waals surface area contributed by atoms with E-state index in [9.17, 15) is 5.11 Å². The molecule has 2 aromatic carbocycles. The lowest BCUT2D eigenvalue weighted by Gasteiger charge is -2.12. The molecule has 4 aromatic rings. The van der Waals surface area contributed by atoms with Crippen molar-refractivity contribution in [1.29, 1.82) is 0 Å². The van der Waals surface area contributed by atoms with Gasteiger partial charge < -0.3 is 5.11 Å². The second-order valence-corrected chi connectivity index (χ2v) is 10.3. The van der Waals surface area contributed by atoms with E-state index >= 15 is 0 Å². The number of hydrogen-bond donors (Lipinski definition) is 1. The van der Waals surface area contributed by atoms with E-state index in [0.29, 0.717) is 42.7 Å². The molecule has 0 saturated heterocycles. The highest BCUT2D eigenvalue weighted by Crippen LogP contribution is 2.39. The predicted molar refractivity (Wildman–Crippen MR) is 128 cm³/mol. The van der Waals surface area contributed by atoms with Gasteiger partial charge in [-0.15, -0.1) is 10.2 Å². The average molecular weight is 494 g/mol. The molecular formula is C22H19Cl3N4OS. The maximum Gasteiger partial charge on any atom is 0.168 e. The Kier molecular flexibility index (Phi) is 6.12. The Balaban J connectivity index is 1.99. The lowest BCUT2D eigenvalue weighted by Crippen LogP contribution is -2.10. The molecule has 0 amide bonds. The summed E-state index contributed by atoms with van der Waals surface area (Å²) in [6.45, 7) is 6.00. The Hall–Kier alpha value is -1.96. The number of halogens is 3. The number of nitrogens with zero attached hydrogens (tertiary/aromatic N) is 4. The lowest BCUT2D eigenvalue weighted by molar-refractivity contribution is 0.283. The first-order valence-electron chi connectivity index (χ1n) is 9.47. The van der Waals surface area contributed by atoms with Gasteiger partial charge in [-0.1, -0.05) is 79.0 Å². The summed E-state index contributed by atoms with van der Waals surface area (Å²) in [5.41, 5.74) is 3.22. The Labute approximate surface area is 199 Å². The van der Waals surface area contributed by atoms with Crippen molar-refractivity contribution < 1.29 is 5.11 Å². The number of aliphatic hydroxyl groups is 1. The van der Waals surface area contributed by atoms with E-state index in [4.69, 9.17) is 39.9 Å². The SMILES string of the molecule is CC(C)(C)c1nnc(-c2nn(-c3ccc(Cl)cc3Cl)c(-c3ccc(Cl)cc3)c2CO)s1. The summed E-state index contributed by atoms with van der Waals surface area (Å²) in [7, 11) is 0. The molecule has 9 heteroatoms. The standard InChI is InChI=1S/C22H19Cl3N4OS/c1-22(2,3)21-27-26-20(31-21)18-15(11-30)19(12-4-6-13(23)7-5-12)29(28-18)17-9-8-14(24)10-16(17)25/h4-10,30H,11H2,1-3H3. The van der Waals surface area contributed by atoms with Crippen LogP contribution in [-0.2, 0) is 12.0 Å². The molecular weight excluding hydrogens is 475 g/mol. The smallest absolute Gasteiger partial charge is 0.168 e. The highest BCUT2D eigenvalue weighted by atomic mass is 35.5. The Morgan fingerprint density at radius 3 is 2.23 bits per heavy atom. The largest absolute Gasteiger partial charge is 0.392 e. The average Bonchev–Trinajstić information content (AvgIpc) is 3.33. The Morgan fingerprint density at radius 1 is 0.968 bits per heavy atom. The zero-order valence-corrected chi connectivity index (χ0v) is 20.1. The minimum absolute atomic E-state index is 0.143. The van der Waals surface area contributed by atoms with E-state index in [1.807, 2.05) is 12.1 Å². The fourth-order valence-corrected chi connectivity index (χ4v) is 4.65. The van der Waals surface area contributed by atoms with Crippen molar-refractivity contribution in [2.75, 3.05) is 0 Å². The van der Waals surface area contributed by atoms with E-state index < -0.39 is 0 Å². The topological polar surface area (TPSA) is 63.8 Å². The van der Waals surface area contributed by atoms with E-state index in [0.717, 1.165) is 10.6 Å². The Morgan fingerprint density at radius 2 is 1.65 bits per heavy atom. The first-order valence-corrected chi connectivity index (χ1v) is 11.4. The van der Waals surface area contributed by atoms with Crippen LogP contribution in [0.1, 0.15) is 31.3 Å². The molecule has 2 heterocycles. The van der Waals surface area contributed by atoms with Gasteiger partial charge in [0.1, 0.15) is 10.7 Å². The third kappa shape index (κ3) is 4.36. The van der Waals surface area contributed by atoms with Gasteiger partial charge in [-0.2, -0.15) is 5.10 Å². The Bertz CT molecular complexity index is 1240. The molecule has 5 nitrogen and oxygen atoms in total. The number of aliphatic hydroxyl groups excluding tert-OH is 1. The monoisotopic (exact) mass is 492 g/mol. The van der Waals surface area contributed by atoms with E-state index in [1.165, 1.54) is 11.3 Å². The molecule has 160 valence electrons. The molecule has 0 bridgehead atoms. The lowest BCUT2D eigenvalue weighted by atomic mass is 9.98. The van der Waals surface area contributed by atoms with E-state index in [-0.39, 0.29) is 12.0 Å². The van der Waals surface area contributed by atoms with E-state index in [2.05, 4.69) is 31.0 Å². The normalized spacial score (nSPS) is 11.8. The highest BCUT2D eigenvalue weighted by Gasteiger charge is 2.26. The quantitative estimate of drug-likeness (QED) is 0.339. The van der Waals surface area contributed by atoms with Gasteiger partial charge in [-0.05, 0) is 30.3 Å². The molecule has 0 aliphatic carbocycles. The van der Waals surface area contributed by atoms with Crippen molar-refractivity contribution in [3.63, 3.8) is 0 Å². The maximum atomic E-state index is 10.3. The van der Waals surface area contributed by atoms with Crippen molar-refractivity contribution in [2.45, 2.75) is 32.8 Å². The summed E-state index contributed by atoms with van der Waals surface area (Å²) in [6.07, 6.45) is 0. The summed E-state index contributed by atoms with van der Waals surface area (Å²) in [4.78, 5) is 0. The van der Waals surface area contributed by atoms with Crippen LogP contribution in [0.4, 0.5) is 0 Å². The first kappa shape index (κ1) is 22.2. The van der Waals surface area contributed by atoms with Gasteiger partial charge in [-0.25, -0.2) is 4.68 Å². The zero-order valence-electron chi connectivity index (χ0n) is 17.0. The highest BCUT2D eigenvalue weighted by molar-refractivity contribution is 7.14. The van der Waals surface area contributed by atoms with Crippen LogP contribution in [0, 0.1) is 0 Å². The third-order valence-corrected chi connectivity index (χ3v) is 6.81. The molecule has 0 saturated carbocycles. The minimum atomic E-state index is -0.233. The number of hydrogen-bond acceptors (Lipinski definition) is 5. The maximum absolute atomic E-state index is 10.3. The van der Waals surface area contributed by atoms with Crippen LogP contribution in [0.15, 0.2) is 42.5 Å². The first-order chi connectivity index (χ1) is 14.7. The van der Waals surface area contributed by atoms with Crippen molar-refractivity contribution in [3.05, 3.63) is 68.1 Å². The summed E-state index contributed by atoms with van der Waals surface area (Å²) in [6, 6.07) is 12.5. The van der Waals surface area contributed by atoms with Gasteiger partial charge in [0.2, 0.25) is 0 Å². The summed E-state index contributed by atoms with van der Waals surface area (Å²) < 4.78 is 1.71. The predicted octanol–water partition coefficient (Wildman–Crippen LogP) is 6.81. The van der Waals surface area contributed by atoms with Crippen LogP contribution >= 0.6 is 46.1 Å². The zero-order chi connectivity index (χ0) is 22.3. The molecule has 0 fully saturated rings. The van der Waals surface area contributed by atoms with Crippen LogP contribution in [0.5, 0.6) is 0 Å². The molecule has 0 aliphatic heterocycles. The number of rotatable bonds is 4. The van der Waals surface area contributed by atoms with Gasteiger partial charge in [0.05, 0.1) is 23.0 Å². The summed E-state index contributed by atoms with van der Waals surface area (Å²) in [5.74, 6) is 0. The fraction of sp³-hybridized carbons (Fsp3) is 0.227. The van der Waals surface area contributed by atoms with Gasteiger partial charge in [0, 0.05) is 26.6 Å². The molecule has 1 N–H and O–H groups in total. The van der Waals surface area contributed by atoms with Gasteiger partial charge in [0.25, 0.3) is 0 Å². The van der Waals surface area contributed by atoms with Crippen molar-refractivity contribution in [1.82, 2.24) is 20.0 Å². The molecule has 0 aliphatic rings. The van der Waals surface area contributed by atoms with Gasteiger partial charge in [0.15, 0.2) is 5.01 Å². The van der Waals surface area contributed by atoms with Crippen LogP contribution in [0.2, 0.25) is 15.1 Å². The second-order valence-electron chi connectivity index (χ2n) is 8.01. The van der Waals surface area contributed by atoms with Gasteiger partial charge in [-0.3, -0.25) is 0 Å². The van der Waals surface area contributed by atoms with Gasteiger partial charge >= 0.3 is 0 Å². The van der Waals surface area contributed by atoms with Crippen LogP contribution in [-0.4, -0.2) is 25.1 Å². The van der Waals surface area contributed by atoms with Crippen LogP contribution in [0.3, 0.4) is 0 Å². The van der Waals surface area contributed by atoms with Crippen molar-refractivity contribution in [3.8, 4) is 27.6 Å². The fourth-order valence-electron chi connectivity index (χ4n) is 3.13. The van der Waals surface area contributed by atoms with Crippen molar-refractivity contribution in [2.24, 2.45) is 0 Å². The molecule has 4 rings (SSSR count). The summed E-state index contributed by atoms with van der Waals surface area (Å²) >= 11 is 20.2. The number of benzene rings is 2. The molecule has 0 spiro atoms. The van der Waals surface area contributed by atoms with Crippen LogP contribution in [0.25, 0.3) is 27.6 Å². The molecule has 2 aromatic heterocycles. The molecule has 0 radical (unpaired) electrons. The minimum Gasteiger partial charge on any atom is -0.392 e. The van der Waals surface area contributed by atoms with Crippen LogP contribution < -0.4 is 0 Å².